The fourth-order valence-corrected chi connectivity index (χ4v) is 1.48. The molecule has 0 saturated heterocycles. The van der Waals surface area contributed by atoms with Crippen LogP contribution >= 0.6 is 0 Å². The Hall–Kier alpha value is -1.31. The van der Waals surface area contributed by atoms with Crippen molar-refractivity contribution in [2.45, 2.75) is 13.8 Å². The number of pyridine rings is 1. The van der Waals surface area contributed by atoms with E-state index in [4.69, 9.17) is 0 Å². The third kappa shape index (κ3) is 0.916. The van der Waals surface area contributed by atoms with Crippen molar-refractivity contribution in [2.24, 2.45) is 0 Å². The van der Waals surface area contributed by atoms with Gasteiger partial charge in [-0.1, -0.05) is 13.0 Å². The van der Waals surface area contributed by atoms with Crippen molar-refractivity contribution in [3.05, 3.63) is 42.2 Å². The van der Waals surface area contributed by atoms with Gasteiger partial charge >= 0.3 is 0 Å². The standard InChI is InChI=1S/C10H11N2/c1-3-9-8(2)11-10-6-4-5-7-12(9)10/h3-7H,1-2H3. The minimum Gasteiger partial charge on any atom is -0.304 e. The molecule has 0 aliphatic heterocycles. The molecule has 0 saturated carbocycles. The lowest BCUT2D eigenvalue weighted by Crippen LogP contribution is -1.88. The Morgan fingerprint density at radius 2 is 2.25 bits per heavy atom. The molecule has 2 rings (SSSR count). The van der Waals surface area contributed by atoms with Gasteiger partial charge in [-0.15, -0.1) is 0 Å². The van der Waals surface area contributed by atoms with Gasteiger partial charge in [0.2, 0.25) is 0 Å². The van der Waals surface area contributed by atoms with Crippen molar-refractivity contribution >= 4 is 5.65 Å². The fourth-order valence-electron chi connectivity index (χ4n) is 1.48. The van der Waals surface area contributed by atoms with Crippen LogP contribution in [0, 0.1) is 13.3 Å². The molecular formula is C10H11N2. The van der Waals surface area contributed by atoms with Gasteiger partial charge in [0.25, 0.3) is 0 Å². The van der Waals surface area contributed by atoms with E-state index in [9.17, 15) is 0 Å². The van der Waals surface area contributed by atoms with Crippen LogP contribution in [0.1, 0.15) is 18.3 Å². The van der Waals surface area contributed by atoms with Crippen molar-refractivity contribution < 1.29 is 0 Å². The van der Waals surface area contributed by atoms with E-state index in [2.05, 4.69) is 15.8 Å². The van der Waals surface area contributed by atoms with Crippen LogP contribution in [0.15, 0.2) is 24.4 Å². The van der Waals surface area contributed by atoms with E-state index in [1.807, 2.05) is 38.2 Å². The van der Waals surface area contributed by atoms with E-state index < -0.39 is 0 Å². The van der Waals surface area contributed by atoms with Crippen LogP contribution < -0.4 is 0 Å². The molecule has 0 fully saturated rings. The second-order valence-electron chi connectivity index (χ2n) is 2.80. The van der Waals surface area contributed by atoms with Gasteiger partial charge in [0, 0.05) is 18.3 Å². The van der Waals surface area contributed by atoms with Crippen molar-refractivity contribution in [1.29, 1.82) is 0 Å². The molecule has 0 N–H and O–H groups in total. The number of aryl methyl sites for hydroxylation is 1. The van der Waals surface area contributed by atoms with Gasteiger partial charge in [0.15, 0.2) is 0 Å². The molecule has 0 spiro atoms. The lowest BCUT2D eigenvalue weighted by molar-refractivity contribution is 1.10. The molecule has 2 nitrogen and oxygen atoms in total. The summed E-state index contributed by atoms with van der Waals surface area (Å²) in [6, 6.07) is 6.03. The Bertz CT molecular complexity index is 401. The van der Waals surface area contributed by atoms with E-state index in [-0.39, 0.29) is 0 Å². The second-order valence-corrected chi connectivity index (χ2v) is 2.80. The van der Waals surface area contributed by atoms with Gasteiger partial charge in [-0.05, 0) is 19.1 Å². The highest BCUT2D eigenvalue weighted by molar-refractivity contribution is 5.44. The number of hydrogen-bond acceptors (Lipinski definition) is 1. The highest BCUT2D eigenvalue weighted by Gasteiger charge is 2.04. The Morgan fingerprint density at radius 1 is 1.42 bits per heavy atom. The van der Waals surface area contributed by atoms with Crippen molar-refractivity contribution in [3.8, 4) is 0 Å². The molecule has 0 bridgehead atoms. The summed E-state index contributed by atoms with van der Waals surface area (Å²) in [5.74, 6) is 0. The van der Waals surface area contributed by atoms with E-state index in [1.54, 1.807) is 0 Å². The van der Waals surface area contributed by atoms with E-state index >= 15 is 0 Å². The molecule has 0 aliphatic rings. The van der Waals surface area contributed by atoms with E-state index in [1.165, 1.54) is 5.69 Å². The minimum atomic E-state index is 1.02. The maximum absolute atomic E-state index is 4.42. The number of imidazole rings is 1. The third-order valence-corrected chi connectivity index (χ3v) is 2.02. The maximum Gasteiger partial charge on any atom is 0.137 e. The Balaban J connectivity index is 2.81. The van der Waals surface area contributed by atoms with Crippen LogP contribution in [0.4, 0.5) is 0 Å². The molecule has 0 amide bonds. The van der Waals surface area contributed by atoms with Crippen LogP contribution in [0.5, 0.6) is 0 Å². The monoisotopic (exact) mass is 159 g/mol. The lowest BCUT2D eigenvalue weighted by atomic mass is 10.3. The van der Waals surface area contributed by atoms with Gasteiger partial charge in [-0.3, -0.25) is 0 Å². The molecule has 0 aromatic carbocycles. The molecule has 61 valence electrons. The second kappa shape index (κ2) is 2.63. The third-order valence-electron chi connectivity index (χ3n) is 2.02. The summed E-state index contributed by atoms with van der Waals surface area (Å²) >= 11 is 0. The number of fused-ring (bicyclic) bond motifs is 1. The van der Waals surface area contributed by atoms with Gasteiger partial charge in [0.05, 0.1) is 5.69 Å². The number of rotatable bonds is 1. The van der Waals surface area contributed by atoms with Crippen LogP contribution in [0.2, 0.25) is 0 Å². The highest BCUT2D eigenvalue weighted by Crippen LogP contribution is 2.12. The Morgan fingerprint density at radius 3 is 3.00 bits per heavy atom. The fraction of sp³-hybridized carbons (Fsp3) is 0.200. The quantitative estimate of drug-likeness (QED) is 0.623. The smallest absolute Gasteiger partial charge is 0.137 e. The van der Waals surface area contributed by atoms with Crippen LogP contribution in [-0.2, 0) is 0 Å². The zero-order valence-electron chi connectivity index (χ0n) is 7.28. The normalized spacial score (nSPS) is 10.8. The first-order valence-electron chi connectivity index (χ1n) is 4.06. The predicted octanol–water partition coefficient (Wildman–Crippen LogP) is 2.22. The number of hydrogen-bond donors (Lipinski definition) is 0. The molecule has 0 atom stereocenters. The summed E-state index contributed by atoms with van der Waals surface area (Å²) in [5, 5.41) is 0. The van der Waals surface area contributed by atoms with E-state index in [0.717, 1.165) is 11.3 Å². The predicted molar refractivity (Wildman–Crippen MR) is 49.0 cm³/mol. The van der Waals surface area contributed by atoms with Crippen LogP contribution in [0.3, 0.4) is 0 Å². The maximum atomic E-state index is 4.42. The summed E-state index contributed by atoms with van der Waals surface area (Å²) in [7, 11) is 0. The largest absolute Gasteiger partial charge is 0.304 e. The Kier molecular flexibility index (Phi) is 1.61. The SMILES string of the molecule is C[CH]c1c(C)nc2ccccn12. The summed E-state index contributed by atoms with van der Waals surface area (Å²) in [6.07, 6.45) is 4.11. The van der Waals surface area contributed by atoms with Crippen molar-refractivity contribution in [2.75, 3.05) is 0 Å². The van der Waals surface area contributed by atoms with Crippen LogP contribution in [0.25, 0.3) is 5.65 Å². The summed E-state index contributed by atoms with van der Waals surface area (Å²) in [6.45, 7) is 4.06. The molecule has 0 aliphatic carbocycles. The molecule has 12 heavy (non-hydrogen) atoms. The number of nitrogens with zero attached hydrogens (tertiary/aromatic N) is 2. The molecule has 2 aromatic heterocycles. The molecule has 0 unspecified atom stereocenters. The molecular weight excluding hydrogens is 148 g/mol. The summed E-state index contributed by atoms with van der Waals surface area (Å²) < 4.78 is 2.09. The van der Waals surface area contributed by atoms with Crippen LogP contribution in [-0.4, -0.2) is 9.38 Å². The van der Waals surface area contributed by atoms with Gasteiger partial charge in [0.1, 0.15) is 5.65 Å². The topological polar surface area (TPSA) is 17.3 Å². The Labute approximate surface area is 71.9 Å². The van der Waals surface area contributed by atoms with Gasteiger partial charge in [-0.25, -0.2) is 4.98 Å². The molecule has 1 radical (unpaired) electrons. The van der Waals surface area contributed by atoms with Gasteiger partial charge < -0.3 is 4.40 Å². The molecule has 2 heteroatoms. The summed E-state index contributed by atoms with van der Waals surface area (Å²) in [5.41, 5.74) is 3.29. The molecule has 2 heterocycles. The first-order valence-corrected chi connectivity index (χ1v) is 4.06. The van der Waals surface area contributed by atoms with Gasteiger partial charge in [-0.2, -0.15) is 0 Å². The average molecular weight is 159 g/mol. The first kappa shape index (κ1) is 7.35. The zero-order chi connectivity index (χ0) is 8.55. The summed E-state index contributed by atoms with van der Waals surface area (Å²) in [4.78, 5) is 4.42. The van der Waals surface area contributed by atoms with Crippen molar-refractivity contribution in [1.82, 2.24) is 9.38 Å². The average Bonchev–Trinajstić information content (AvgIpc) is 2.40. The van der Waals surface area contributed by atoms with Crippen molar-refractivity contribution in [3.63, 3.8) is 0 Å². The molecule has 2 aromatic rings. The lowest BCUT2D eigenvalue weighted by Gasteiger charge is -1.96. The zero-order valence-corrected chi connectivity index (χ0v) is 7.28. The number of aromatic nitrogens is 2. The minimum absolute atomic E-state index is 1.02. The van der Waals surface area contributed by atoms with E-state index in [0.29, 0.717) is 0 Å². The first-order chi connectivity index (χ1) is 5.83. The highest BCUT2D eigenvalue weighted by atomic mass is 15.0.